The molecule has 88 valence electrons. The lowest BCUT2D eigenvalue weighted by molar-refractivity contribution is -0.0118. The quantitative estimate of drug-likeness (QED) is 0.788. The van der Waals surface area contributed by atoms with Gasteiger partial charge in [-0.3, -0.25) is 0 Å². The lowest BCUT2D eigenvalue weighted by atomic mass is 10.1. The summed E-state index contributed by atoms with van der Waals surface area (Å²) in [6.07, 6.45) is 0.503. The first-order chi connectivity index (χ1) is 7.48. The van der Waals surface area contributed by atoms with E-state index in [-0.39, 0.29) is 13.0 Å². The van der Waals surface area contributed by atoms with Crippen LogP contribution in [0.2, 0.25) is 0 Å². The van der Waals surface area contributed by atoms with E-state index in [2.05, 4.69) is 20.9 Å². The Morgan fingerprint density at radius 3 is 2.81 bits per heavy atom. The van der Waals surface area contributed by atoms with Crippen molar-refractivity contribution in [3.8, 4) is 0 Å². The summed E-state index contributed by atoms with van der Waals surface area (Å²) in [4.78, 5) is 5.96. The molecule has 0 N–H and O–H groups in total. The minimum Gasteiger partial charge on any atom is -0.351 e. The van der Waals surface area contributed by atoms with Gasteiger partial charge in [0, 0.05) is 17.4 Å². The van der Waals surface area contributed by atoms with Crippen LogP contribution in [0.1, 0.15) is 18.5 Å². The molecule has 0 amide bonds. The summed E-state index contributed by atoms with van der Waals surface area (Å²) in [5, 5.41) is 0. The molecule has 5 heteroatoms. The highest BCUT2D eigenvalue weighted by Gasteiger charge is 2.35. The predicted molar refractivity (Wildman–Crippen MR) is 63.1 cm³/mol. The molecule has 0 saturated carbocycles. The Bertz CT molecular complexity index is 396. The van der Waals surface area contributed by atoms with E-state index in [9.17, 15) is 8.78 Å². The number of hydrogen-bond donors (Lipinski definition) is 0. The molecule has 1 aromatic heterocycles. The van der Waals surface area contributed by atoms with Crippen LogP contribution < -0.4 is 4.90 Å². The molecule has 0 unspecified atom stereocenters. The first-order valence-electron chi connectivity index (χ1n) is 5.24. The fraction of sp³-hybridized carbons (Fsp3) is 0.545. The number of halogens is 3. The number of aryl methyl sites for hydroxylation is 1. The lowest BCUT2D eigenvalue weighted by Crippen LogP contribution is -2.43. The zero-order chi connectivity index (χ0) is 11.8. The van der Waals surface area contributed by atoms with Gasteiger partial charge in [0.15, 0.2) is 0 Å². The summed E-state index contributed by atoms with van der Waals surface area (Å²) >= 11 is 3.35. The average Bonchev–Trinajstić information content (AvgIpc) is 2.20. The van der Waals surface area contributed by atoms with Crippen molar-refractivity contribution in [3.05, 3.63) is 22.3 Å². The van der Waals surface area contributed by atoms with E-state index in [1.165, 1.54) is 0 Å². The average molecular weight is 291 g/mol. The summed E-state index contributed by atoms with van der Waals surface area (Å²) in [6.45, 7) is 2.29. The molecule has 1 fully saturated rings. The van der Waals surface area contributed by atoms with Gasteiger partial charge in [0.25, 0.3) is 5.92 Å². The fourth-order valence-electron chi connectivity index (χ4n) is 1.87. The normalized spacial score (nSPS) is 19.9. The van der Waals surface area contributed by atoms with Gasteiger partial charge in [-0.1, -0.05) is 0 Å². The van der Waals surface area contributed by atoms with Crippen molar-refractivity contribution in [1.82, 2.24) is 4.98 Å². The second kappa shape index (κ2) is 4.28. The molecule has 2 rings (SSSR count). The van der Waals surface area contributed by atoms with Crippen LogP contribution in [0.15, 0.2) is 16.6 Å². The Labute approximate surface area is 102 Å². The molecule has 1 aliphatic heterocycles. The largest absolute Gasteiger partial charge is 0.351 e. The molecule has 2 heterocycles. The van der Waals surface area contributed by atoms with Crippen LogP contribution in [0.25, 0.3) is 0 Å². The molecular weight excluding hydrogens is 278 g/mol. The molecular formula is C11H13BrF2N2. The van der Waals surface area contributed by atoms with Crippen molar-refractivity contribution in [2.45, 2.75) is 25.7 Å². The summed E-state index contributed by atoms with van der Waals surface area (Å²) < 4.78 is 27.4. The van der Waals surface area contributed by atoms with Crippen LogP contribution in [0, 0.1) is 6.92 Å². The van der Waals surface area contributed by atoms with E-state index in [4.69, 9.17) is 0 Å². The Kier molecular flexibility index (Phi) is 3.15. The Balaban J connectivity index is 2.20. The Hall–Kier alpha value is -0.710. The van der Waals surface area contributed by atoms with Crippen molar-refractivity contribution in [2.75, 3.05) is 18.0 Å². The van der Waals surface area contributed by atoms with E-state index in [1.54, 1.807) is 11.0 Å². The van der Waals surface area contributed by atoms with Gasteiger partial charge >= 0.3 is 0 Å². The van der Waals surface area contributed by atoms with Gasteiger partial charge in [0.1, 0.15) is 5.82 Å². The van der Waals surface area contributed by atoms with E-state index < -0.39 is 5.92 Å². The number of rotatable bonds is 1. The summed E-state index contributed by atoms with van der Waals surface area (Å²) in [5.74, 6) is -1.94. The number of piperidine rings is 1. The van der Waals surface area contributed by atoms with Crippen LogP contribution in [-0.2, 0) is 0 Å². The number of anilines is 1. The van der Waals surface area contributed by atoms with Crippen LogP contribution in [0.5, 0.6) is 0 Å². The third kappa shape index (κ3) is 2.51. The summed E-state index contributed by atoms with van der Waals surface area (Å²) in [6, 6.07) is 3.63. The van der Waals surface area contributed by atoms with Crippen LogP contribution >= 0.6 is 15.9 Å². The topological polar surface area (TPSA) is 16.1 Å². The highest BCUT2D eigenvalue weighted by molar-refractivity contribution is 9.10. The van der Waals surface area contributed by atoms with Crippen LogP contribution in [0.3, 0.4) is 0 Å². The second-order valence-corrected chi connectivity index (χ2v) is 4.97. The maximum atomic E-state index is 13.2. The van der Waals surface area contributed by atoms with Gasteiger partial charge in [-0.25, -0.2) is 13.8 Å². The number of aromatic nitrogens is 1. The molecule has 1 aromatic rings. The van der Waals surface area contributed by atoms with Gasteiger partial charge in [-0.2, -0.15) is 0 Å². The smallest absolute Gasteiger partial charge is 0.265 e. The predicted octanol–water partition coefficient (Wildman–Crippen LogP) is 3.39. The Morgan fingerprint density at radius 1 is 1.44 bits per heavy atom. The third-order valence-corrected chi connectivity index (χ3v) is 3.56. The van der Waals surface area contributed by atoms with Gasteiger partial charge < -0.3 is 4.90 Å². The van der Waals surface area contributed by atoms with Crippen LogP contribution in [-0.4, -0.2) is 24.0 Å². The molecule has 0 spiro atoms. The van der Waals surface area contributed by atoms with Crippen LogP contribution in [0.4, 0.5) is 14.6 Å². The van der Waals surface area contributed by atoms with Crippen molar-refractivity contribution < 1.29 is 8.78 Å². The van der Waals surface area contributed by atoms with Crippen molar-refractivity contribution in [2.24, 2.45) is 0 Å². The Morgan fingerprint density at radius 2 is 2.19 bits per heavy atom. The van der Waals surface area contributed by atoms with E-state index in [0.717, 1.165) is 10.2 Å². The molecule has 2 nitrogen and oxygen atoms in total. The zero-order valence-corrected chi connectivity index (χ0v) is 10.6. The minimum absolute atomic E-state index is 0.0149. The minimum atomic E-state index is -2.58. The van der Waals surface area contributed by atoms with E-state index >= 15 is 0 Å². The maximum absolute atomic E-state index is 13.2. The second-order valence-electron chi connectivity index (χ2n) is 4.12. The zero-order valence-electron chi connectivity index (χ0n) is 9.01. The summed E-state index contributed by atoms with van der Waals surface area (Å²) in [5.41, 5.74) is 0.825. The molecule has 1 aliphatic rings. The number of hydrogen-bond acceptors (Lipinski definition) is 2. The molecule has 1 saturated heterocycles. The van der Waals surface area contributed by atoms with E-state index in [1.807, 2.05) is 13.0 Å². The standard InChI is InChI=1S/C11H13BrF2N2/c1-8-9(12)3-4-10(15-8)16-6-2-5-11(13,14)7-16/h3-4H,2,5-7H2,1H3. The SMILES string of the molecule is Cc1nc(N2CCCC(F)(F)C2)ccc1Br. The highest BCUT2D eigenvalue weighted by atomic mass is 79.9. The van der Waals surface area contributed by atoms with Gasteiger partial charge in [0.2, 0.25) is 0 Å². The maximum Gasteiger partial charge on any atom is 0.265 e. The first-order valence-corrected chi connectivity index (χ1v) is 6.03. The number of nitrogens with zero attached hydrogens (tertiary/aromatic N) is 2. The molecule has 0 atom stereocenters. The van der Waals surface area contributed by atoms with Crippen molar-refractivity contribution in [1.29, 1.82) is 0 Å². The van der Waals surface area contributed by atoms with Gasteiger partial charge in [-0.15, -0.1) is 0 Å². The van der Waals surface area contributed by atoms with Gasteiger partial charge in [0.05, 0.1) is 12.2 Å². The highest BCUT2D eigenvalue weighted by Crippen LogP contribution is 2.29. The molecule has 0 aromatic carbocycles. The number of pyridine rings is 1. The molecule has 16 heavy (non-hydrogen) atoms. The van der Waals surface area contributed by atoms with Gasteiger partial charge in [-0.05, 0) is 41.4 Å². The molecule has 0 bridgehead atoms. The first kappa shape index (κ1) is 11.8. The third-order valence-electron chi connectivity index (χ3n) is 2.72. The fourth-order valence-corrected chi connectivity index (χ4v) is 2.09. The molecule has 0 aliphatic carbocycles. The van der Waals surface area contributed by atoms with Crippen molar-refractivity contribution >= 4 is 21.7 Å². The summed E-state index contributed by atoms with van der Waals surface area (Å²) in [7, 11) is 0. The monoisotopic (exact) mass is 290 g/mol. The van der Waals surface area contributed by atoms with Crippen molar-refractivity contribution in [3.63, 3.8) is 0 Å². The van der Waals surface area contributed by atoms with E-state index in [0.29, 0.717) is 18.8 Å². The number of alkyl halides is 2. The lowest BCUT2D eigenvalue weighted by Gasteiger charge is -2.33. The molecule has 0 radical (unpaired) electrons.